The van der Waals surface area contributed by atoms with Crippen LogP contribution in [0.15, 0.2) is 0 Å². The van der Waals surface area contributed by atoms with E-state index in [1.54, 1.807) is 6.92 Å². The number of hydrogen-bond donors (Lipinski definition) is 1. The van der Waals surface area contributed by atoms with Crippen LogP contribution < -0.4 is 0 Å². The quantitative estimate of drug-likeness (QED) is 0.792. The topological polar surface area (TPSA) is 38.7 Å². The Kier molecular flexibility index (Phi) is 3.97. The first-order chi connectivity index (χ1) is 6.86. The van der Waals surface area contributed by atoms with Gasteiger partial charge in [0.05, 0.1) is 12.2 Å². The molecule has 0 bridgehead atoms. The highest BCUT2D eigenvalue weighted by atomic mass is 19.4. The smallest absolute Gasteiger partial charge is 0.390 e. The Morgan fingerprint density at radius 2 is 2.07 bits per heavy atom. The molecule has 0 heterocycles. The molecule has 3 nitrogen and oxygen atoms in total. The highest BCUT2D eigenvalue weighted by Gasteiger charge is 2.46. The van der Waals surface area contributed by atoms with Crippen molar-refractivity contribution in [1.82, 2.24) is 0 Å². The van der Waals surface area contributed by atoms with Gasteiger partial charge in [0, 0.05) is 13.0 Å². The lowest BCUT2D eigenvalue weighted by atomic mass is 9.88. The van der Waals surface area contributed by atoms with Crippen LogP contribution >= 0.6 is 0 Å². The summed E-state index contributed by atoms with van der Waals surface area (Å²) in [6.45, 7) is 3.02. The summed E-state index contributed by atoms with van der Waals surface area (Å²) in [5, 5.41) is 9.24. The fraction of sp³-hybridized carbons (Fsp3) is 1.00. The zero-order valence-electron chi connectivity index (χ0n) is 8.62. The highest BCUT2D eigenvalue weighted by molar-refractivity contribution is 4.92. The van der Waals surface area contributed by atoms with Crippen LogP contribution in [0.1, 0.15) is 20.3 Å². The van der Waals surface area contributed by atoms with E-state index in [2.05, 4.69) is 0 Å². The third kappa shape index (κ3) is 3.06. The van der Waals surface area contributed by atoms with E-state index in [0.29, 0.717) is 6.61 Å². The molecule has 1 saturated carbocycles. The maximum atomic E-state index is 12.2. The van der Waals surface area contributed by atoms with Crippen molar-refractivity contribution >= 4 is 0 Å². The second kappa shape index (κ2) is 4.67. The summed E-state index contributed by atoms with van der Waals surface area (Å²) >= 11 is 0. The van der Waals surface area contributed by atoms with Crippen molar-refractivity contribution in [2.24, 2.45) is 0 Å². The molecule has 0 aromatic rings. The molecular weight excluding hydrogens is 213 g/mol. The maximum absolute atomic E-state index is 12.2. The van der Waals surface area contributed by atoms with E-state index in [9.17, 15) is 18.3 Å². The van der Waals surface area contributed by atoms with Gasteiger partial charge in [0.25, 0.3) is 0 Å². The summed E-state index contributed by atoms with van der Waals surface area (Å²) in [5.74, 6) is 0. The van der Waals surface area contributed by atoms with E-state index in [1.165, 1.54) is 0 Å². The minimum absolute atomic E-state index is 0.199. The molecule has 1 aliphatic carbocycles. The van der Waals surface area contributed by atoms with Gasteiger partial charge in [-0.05, 0) is 13.8 Å². The number of aliphatic hydroxyl groups excluding tert-OH is 1. The summed E-state index contributed by atoms with van der Waals surface area (Å²) in [7, 11) is 0. The van der Waals surface area contributed by atoms with Gasteiger partial charge in [-0.2, -0.15) is 13.2 Å². The number of alkyl halides is 3. The lowest BCUT2D eigenvalue weighted by Gasteiger charge is -2.42. The standard InChI is InChI=1S/C9H15F3O3/c1-3-14-8-6(13)4-7(8)15-5(2)9(10,11)12/h5-8,13H,3-4H2,1-2H3. The number of ether oxygens (including phenoxy) is 2. The second-order valence-electron chi connectivity index (χ2n) is 3.58. The first kappa shape index (κ1) is 12.7. The zero-order chi connectivity index (χ0) is 11.6. The lowest BCUT2D eigenvalue weighted by Crippen LogP contribution is -2.55. The fourth-order valence-electron chi connectivity index (χ4n) is 1.44. The van der Waals surface area contributed by atoms with Gasteiger partial charge in [0.15, 0.2) is 6.10 Å². The lowest BCUT2D eigenvalue weighted by molar-refractivity contribution is -0.269. The van der Waals surface area contributed by atoms with Gasteiger partial charge in [-0.25, -0.2) is 0 Å². The summed E-state index contributed by atoms with van der Waals surface area (Å²) in [4.78, 5) is 0. The van der Waals surface area contributed by atoms with Crippen LogP contribution in [0.25, 0.3) is 0 Å². The SMILES string of the molecule is CCOC1C(O)CC1OC(C)C(F)(F)F. The average Bonchev–Trinajstić information content (AvgIpc) is 2.12. The van der Waals surface area contributed by atoms with E-state index in [0.717, 1.165) is 6.92 Å². The molecule has 4 atom stereocenters. The molecule has 0 aromatic heterocycles. The van der Waals surface area contributed by atoms with Crippen LogP contribution in [0.4, 0.5) is 13.2 Å². The van der Waals surface area contributed by atoms with Gasteiger partial charge in [-0.15, -0.1) is 0 Å². The Morgan fingerprint density at radius 3 is 2.47 bits per heavy atom. The van der Waals surface area contributed by atoms with Gasteiger partial charge in [0.2, 0.25) is 0 Å². The molecule has 15 heavy (non-hydrogen) atoms. The Hall–Kier alpha value is -0.330. The van der Waals surface area contributed by atoms with Crippen molar-refractivity contribution in [3.63, 3.8) is 0 Å². The van der Waals surface area contributed by atoms with E-state index in [-0.39, 0.29) is 6.42 Å². The molecule has 0 aliphatic heterocycles. The van der Waals surface area contributed by atoms with Gasteiger partial charge >= 0.3 is 6.18 Å². The van der Waals surface area contributed by atoms with E-state index in [1.807, 2.05) is 0 Å². The second-order valence-corrected chi connectivity index (χ2v) is 3.58. The third-order valence-corrected chi connectivity index (χ3v) is 2.42. The molecule has 1 rings (SSSR count). The number of halogens is 3. The molecule has 6 heteroatoms. The van der Waals surface area contributed by atoms with E-state index >= 15 is 0 Å². The largest absolute Gasteiger partial charge is 0.414 e. The fourth-order valence-corrected chi connectivity index (χ4v) is 1.44. The molecule has 1 N–H and O–H groups in total. The van der Waals surface area contributed by atoms with Gasteiger partial charge in [0.1, 0.15) is 6.10 Å². The minimum atomic E-state index is -4.36. The summed E-state index contributed by atoms with van der Waals surface area (Å²) in [6, 6.07) is 0. The van der Waals surface area contributed by atoms with Crippen LogP contribution in [-0.4, -0.2) is 42.3 Å². The Balaban J connectivity index is 2.40. The number of rotatable bonds is 4. The average molecular weight is 228 g/mol. The summed E-state index contributed by atoms with van der Waals surface area (Å²) < 4.78 is 46.3. The molecule has 0 radical (unpaired) electrons. The Morgan fingerprint density at radius 1 is 1.47 bits per heavy atom. The molecule has 1 aliphatic rings. The molecule has 0 amide bonds. The Labute approximate surface area is 86.2 Å². The van der Waals surface area contributed by atoms with Crippen LogP contribution in [0, 0.1) is 0 Å². The molecular formula is C9H15F3O3. The summed E-state index contributed by atoms with van der Waals surface area (Å²) in [6.07, 6.45) is -7.98. The van der Waals surface area contributed by atoms with Crippen LogP contribution in [-0.2, 0) is 9.47 Å². The minimum Gasteiger partial charge on any atom is -0.390 e. The normalized spacial score (nSPS) is 33.6. The molecule has 0 saturated heterocycles. The van der Waals surface area contributed by atoms with Crippen molar-refractivity contribution in [2.45, 2.75) is 50.9 Å². The van der Waals surface area contributed by atoms with Crippen LogP contribution in [0.2, 0.25) is 0 Å². The van der Waals surface area contributed by atoms with Gasteiger partial charge in [-0.3, -0.25) is 0 Å². The van der Waals surface area contributed by atoms with Crippen molar-refractivity contribution in [3.05, 3.63) is 0 Å². The van der Waals surface area contributed by atoms with Gasteiger partial charge < -0.3 is 14.6 Å². The van der Waals surface area contributed by atoms with Crippen molar-refractivity contribution in [3.8, 4) is 0 Å². The molecule has 4 unspecified atom stereocenters. The number of aliphatic hydroxyl groups is 1. The molecule has 1 fully saturated rings. The molecule has 0 spiro atoms. The molecule has 0 aromatic carbocycles. The predicted octanol–water partition coefficient (Wildman–Crippen LogP) is 1.49. The highest BCUT2D eigenvalue weighted by Crippen LogP contribution is 2.32. The first-order valence-electron chi connectivity index (χ1n) is 4.88. The van der Waals surface area contributed by atoms with Crippen LogP contribution in [0.5, 0.6) is 0 Å². The monoisotopic (exact) mass is 228 g/mol. The first-order valence-corrected chi connectivity index (χ1v) is 4.88. The zero-order valence-corrected chi connectivity index (χ0v) is 8.62. The Bertz CT molecular complexity index is 207. The van der Waals surface area contributed by atoms with Crippen molar-refractivity contribution in [2.75, 3.05) is 6.61 Å². The predicted molar refractivity (Wildman–Crippen MR) is 46.4 cm³/mol. The molecule has 90 valence electrons. The van der Waals surface area contributed by atoms with E-state index < -0.39 is 30.6 Å². The van der Waals surface area contributed by atoms with Crippen LogP contribution in [0.3, 0.4) is 0 Å². The van der Waals surface area contributed by atoms with Crippen molar-refractivity contribution < 1.29 is 27.8 Å². The maximum Gasteiger partial charge on any atom is 0.414 e. The number of hydrogen-bond acceptors (Lipinski definition) is 3. The van der Waals surface area contributed by atoms with E-state index in [4.69, 9.17) is 9.47 Å². The summed E-state index contributed by atoms with van der Waals surface area (Å²) in [5.41, 5.74) is 0. The van der Waals surface area contributed by atoms with Crippen molar-refractivity contribution in [1.29, 1.82) is 0 Å². The van der Waals surface area contributed by atoms with Gasteiger partial charge in [-0.1, -0.05) is 0 Å². The third-order valence-electron chi connectivity index (χ3n) is 2.42.